The quantitative estimate of drug-likeness (QED) is 0.857. The molecule has 2 aromatic rings. The third-order valence-electron chi connectivity index (χ3n) is 3.50. The number of pyridine rings is 1. The number of aromatic nitrogens is 3. The molecule has 1 aliphatic carbocycles. The highest BCUT2D eigenvalue weighted by Crippen LogP contribution is 2.39. The van der Waals surface area contributed by atoms with Gasteiger partial charge in [0.1, 0.15) is 16.8 Å². The van der Waals surface area contributed by atoms with Gasteiger partial charge in [-0.05, 0) is 43.9 Å². The van der Waals surface area contributed by atoms with Crippen molar-refractivity contribution < 1.29 is 0 Å². The van der Waals surface area contributed by atoms with Crippen molar-refractivity contribution in [3.8, 4) is 0 Å². The van der Waals surface area contributed by atoms with E-state index in [2.05, 4.69) is 20.3 Å². The van der Waals surface area contributed by atoms with Crippen molar-refractivity contribution in [1.82, 2.24) is 15.0 Å². The van der Waals surface area contributed by atoms with Crippen LogP contribution in [0.4, 0.5) is 5.82 Å². The minimum absolute atomic E-state index is 0.508. The summed E-state index contributed by atoms with van der Waals surface area (Å²) >= 11 is 6.19. The Morgan fingerprint density at radius 1 is 1.25 bits per heavy atom. The van der Waals surface area contributed by atoms with Gasteiger partial charge < -0.3 is 5.32 Å². The minimum atomic E-state index is 0.508. The first kappa shape index (κ1) is 13.3. The third kappa shape index (κ3) is 3.07. The fourth-order valence-electron chi connectivity index (χ4n) is 2.08. The van der Waals surface area contributed by atoms with E-state index in [1.165, 1.54) is 18.4 Å². The highest BCUT2D eigenvalue weighted by atomic mass is 35.5. The van der Waals surface area contributed by atoms with E-state index in [0.29, 0.717) is 11.1 Å². The molecule has 0 unspecified atom stereocenters. The van der Waals surface area contributed by atoms with Crippen molar-refractivity contribution >= 4 is 17.4 Å². The Labute approximate surface area is 123 Å². The second-order valence-corrected chi connectivity index (χ2v) is 5.51. The van der Waals surface area contributed by atoms with Crippen LogP contribution >= 0.6 is 11.6 Å². The first-order valence-corrected chi connectivity index (χ1v) is 7.28. The largest absolute Gasteiger partial charge is 0.369 e. The van der Waals surface area contributed by atoms with Crippen molar-refractivity contribution in [3.63, 3.8) is 0 Å². The molecular formula is C15H17ClN4. The minimum Gasteiger partial charge on any atom is -0.369 e. The van der Waals surface area contributed by atoms with Gasteiger partial charge in [-0.1, -0.05) is 11.6 Å². The first-order chi connectivity index (χ1) is 9.74. The Bertz CT molecular complexity index is 596. The first-order valence-electron chi connectivity index (χ1n) is 6.91. The van der Waals surface area contributed by atoms with Crippen molar-refractivity contribution in [2.45, 2.75) is 32.1 Å². The van der Waals surface area contributed by atoms with Crippen molar-refractivity contribution in [3.05, 3.63) is 46.6 Å². The molecule has 2 heterocycles. The monoisotopic (exact) mass is 288 g/mol. The lowest BCUT2D eigenvalue weighted by Crippen LogP contribution is -2.10. The van der Waals surface area contributed by atoms with Gasteiger partial charge in [0.2, 0.25) is 0 Å². The predicted molar refractivity (Wildman–Crippen MR) is 80.2 cm³/mol. The highest BCUT2D eigenvalue weighted by molar-refractivity contribution is 6.30. The Morgan fingerprint density at radius 2 is 2.00 bits per heavy atom. The molecule has 0 amide bonds. The summed E-state index contributed by atoms with van der Waals surface area (Å²) in [5, 5.41) is 3.93. The van der Waals surface area contributed by atoms with E-state index in [1.54, 1.807) is 0 Å². The van der Waals surface area contributed by atoms with Crippen LogP contribution < -0.4 is 5.32 Å². The van der Waals surface area contributed by atoms with Crippen LogP contribution in [0.5, 0.6) is 0 Å². The lowest BCUT2D eigenvalue weighted by atomic mass is 10.2. The number of nitrogens with one attached hydrogen (secondary N) is 1. The van der Waals surface area contributed by atoms with Crippen LogP contribution in [0.25, 0.3) is 0 Å². The summed E-state index contributed by atoms with van der Waals surface area (Å²) in [6, 6.07) is 4.05. The van der Waals surface area contributed by atoms with Crippen LogP contribution in [0.15, 0.2) is 24.5 Å². The number of nitrogens with zero attached hydrogens (tertiary/aromatic N) is 3. The Morgan fingerprint density at radius 3 is 2.70 bits per heavy atom. The maximum Gasteiger partial charge on any atom is 0.137 e. The van der Waals surface area contributed by atoms with Crippen LogP contribution in [0.1, 0.15) is 35.7 Å². The zero-order chi connectivity index (χ0) is 13.9. The normalized spacial score (nSPS) is 14.3. The predicted octanol–water partition coefficient (Wildman–Crippen LogP) is 3.37. The van der Waals surface area contributed by atoms with Gasteiger partial charge in [0, 0.05) is 30.4 Å². The molecule has 0 spiro atoms. The summed E-state index contributed by atoms with van der Waals surface area (Å²) in [5.41, 5.74) is 2.18. The number of rotatable bonds is 5. The van der Waals surface area contributed by atoms with Crippen LogP contribution in [-0.2, 0) is 6.42 Å². The molecule has 3 rings (SSSR count). The fraction of sp³-hybridized carbons (Fsp3) is 0.400. The van der Waals surface area contributed by atoms with Crippen molar-refractivity contribution in [2.24, 2.45) is 0 Å². The smallest absolute Gasteiger partial charge is 0.137 e. The van der Waals surface area contributed by atoms with Crippen LogP contribution in [0.2, 0.25) is 5.15 Å². The van der Waals surface area contributed by atoms with Crippen LogP contribution in [-0.4, -0.2) is 21.5 Å². The van der Waals surface area contributed by atoms with E-state index in [4.69, 9.17) is 11.6 Å². The lowest BCUT2D eigenvalue weighted by Gasteiger charge is -2.11. The Kier molecular flexibility index (Phi) is 3.83. The summed E-state index contributed by atoms with van der Waals surface area (Å²) in [7, 11) is 0. The molecule has 104 valence electrons. The van der Waals surface area contributed by atoms with E-state index in [0.717, 1.165) is 30.2 Å². The van der Waals surface area contributed by atoms with E-state index < -0.39 is 0 Å². The van der Waals surface area contributed by atoms with Gasteiger partial charge in [0.05, 0.1) is 0 Å². The van der Waals surface area contributed by atoms with Gasteiger partial charge in [0.25, 0.3) is 0 Å². The average molecular weight is 289 g/mol. The number of anilines is 1. The average Bonchev–Trinajstić information content (AvgIpc) is 3.29. The molecule has 0 atom stereocenters. The number of hydrogen-bond donors (Lipinski definition) is 1. The molecule has 2 aromatic heterocycles. The maximum atomic E-state index is 6.19. The molecule has 0 radical (unpaired) electrons. The molecule has 1 N–H and O–H groups in total. The standard InChI is InChI=1S/C15H17ClN4/c1-10-13(16)19-15(12-2-3-12)20-14(10)18-9-6-11-4-7-17-8-5-11/h4-5,7-8,12H,2-3,6,9H2,1H3,(H,18,19,20). The van der Waals surface area contributed by atoms with Crippen LogP contribution in [0.3, 0.4) is 0 Å². The summed E-state index contributed by atoms with van der Waals surface area (Å²) in [5.74, 6) is 2.25. The van der Waals surface area contributed by atoms with Gasteiger partial charge in [-0.25, -0.2) is 9.97 Å². The maximum absolute atomic E-state index is 6.19. The van der Waals surface area contributed by atoms with E-state index in [1.807, 2.05) is 31.5 Å². The van der Waals surface area contributed by atoms with E-state index in [9.17, 15) is 0 Å². The molecule has 1 fully saturated rings. The molecule has 5 heteroatoms. The SMILES string of the molecule is Cc1c(Cl)nc(C2CC2)nc1NCCc1ccncc1. The zero-order valence-corrected chi connectivity index (χ0v) is 12.2. The summed E-state index contributed by atoms with van der Waals surface area (Å²) < 4.78 is 0. The zero-order valence-electron chi connectivity index (χ0n) is 11.4. The second-order valence-electron chi connectivity index (χ2n) is 5.15. The summed E-state index contributed by atoms with van der Waals surface area (Å²) in [6.07, 6.45) is 6.91. The molecule has 0 aliphatic heterocycles. The summed E-state index contributed by atoms with van der Waals surface area (Å²) in [4.78, 5) is 13.0. The van der Waals surface area contributed by atoms with Gasteiger partial charge in [-0.15, -0.1) is 0 Å². The van der Waals surface area contributed by atoms with Crippen molar-refractivity contribution in [2.75, 3.05) is 11.9 Å². The van der Waals surface area contributed by atoms with Crippen molar-refractivity contribution in [1.29, 1.82) is 0 Å². The molecular weight excluding hydrogens is 272 g/mol. The lowest BCUT2D eigenvalue weighted by molar-refractivity contribution is 0.905. The fourth-order valence-corrected chi connectivity index (χ4v) is 2.25. The van der Waals surface area contributed by atoms with Gasteiger partial charge >= 0.3 is 0 Å². The third-order valence-corrected chi connectivity index (χ3v) is 3.87. The van der Waals surface area contributed by atoms with E-state index in [-0.39, 0.29) is 0 Å². The highest BCUT2D eigenvalue weighted by Gasteiger charge is 2.27. The molecule has 0 saturated heterocycles. The Hall–Kier alpha value is -1.68. The molecule has 4 nitrogen and oxygen atoms in total. The molecule has 0 bridgehead atoms. The van der Waals surface area contributed by atoms with Gasteiger partial charge in [-0.3, -0.25) is 4.98 Å². The molecule has 1 saturated carbocycles. The number of hydrogen-bond acceptors (Lipinski definition) is 4. The topological polar surface area (TPSA) is 50.7 Å². The number of halogens is 1. The second kappa shape index (κ2) is 5.75. The molecule has 20 heavy (non-hydrogen) atoms. The van der Waals surface area contributed by atoms with Gasteiger partial charge in [0.15, 0.2) is 0 Å². The molecule has 1 aliphatic rings. The van der Waals surface area contributed by atoms with Gasteiger partial charge in [-0.2, -0.15) is 0 Å². The van der Waals surface area contributed by atoms with E-state index >= 15 is 0 Å². The Balaban J connectivity index is 1.67. The summed E-state index contributed by atoms with van der Waals surface area (Å²) in [6.45, 7) is 2.77. The van der Waals surface area contributed by atoms with Crippen LogP contribution in [0, 0.1) is 6.92 Å². The molecule has 0 aromatic carbocycles.